The number of carbonyl (C=O) groups excluding carboxylic acids is 1. The first-order chi connectivity index (χ1) is 11.2. The van der Waals surface area contributed by atoms with E-state index < -0.39 is 0 Å². The fraction of sp³-hybridized carbons (Fsp3) is 0.111. The van der Waals surface area contributed by atoms with Crippen molar-refractivity contribution in [1.29, 1.82) is 5.26 Å². The summed E-state index contributed by atoms with van der Waals surface area (Å²) in [7, 11) is 1.60. The zero-order valence-corrected chi connectivity index (χ0v) is 12.6. The van der Waals surface area contributed by atoms with Crippen molar-refractivity contribution < 1.29 is 9.53 Å². The number of carbonyl (C=O) groups is 1. The van der Waals surface area contributed by atoms with Gasteiger partial charge in [-0.05, 0) is 35.9 Å². The van der Waals surface area contributed by atoms with E-state index in [1.165, 1.54) is 0 Å². The molecule has 114 valence electrons. The molecule has 1 amide bonds. The van der Waals surface area contributed by atoms with Gasteiger partial charge < -0.3 is 15.0 Å². The number of anilines is 1. The molecule has 5 heteroatoms. The maximum atomic E-state index is 12.3. The van der Waals surface area contributed by atoms with E-state index in [0.29, 0.717) is 17.8 Å². The van der Waals surface area contributed by atoms with Crippen molar-refractivity contribution in [2.45, 2.75) is 6.42 Å². The van der Waals surface area contributed by atoms with Crippen LogP contribution in [0.5, 0.6) is 5.75 Å². The van der Waals surface area contributed by atoms with E-state index in [2.05, 4.69) is 16.4 Å². The molecule has 1 aromatic heterocycles. The molecule has 0 spiro atoms. The van der Waals surface area contributed by atoms with Gasteiger partial charge in [0.25, 0.3) is 5.91 Å². The largest absolute Gasteiger partial charge is 0.497 e. The molecule has 0 saturated heterocycles. The average Bonchev–Trinajstić information content (AvgIpc) is 3.00. The highest BCUT2D eigenvalue weighted by Crippen LogP contribution is 2.22. The Hall–Kier alpha value is -3.26. The van der Waals surface area contributed by atoms with Gasteiger partial charge in [0.05, 0.1) is 19.6 Å². The summed E-state index contributed by atoms with van der Waals surface area (Å²) < 4.78 is 5.18. The van der Waals surface area contributed by atoms with Crippen LogP contribution in [0.2, 0.25) is 0 Å². The molecular weight excluding hydrogens is 290 g/mol. The minimum absolute atomic E-state index is 0.215. The maximum Gasteiger partial charge on any atom is 0.272 e. The molecule has 23 heavy (non-hydrogen) atoms. The van der Waals surface area contributed by atoms with Crippen LogP contribution < -0.4 is 10.1 Å². The lowest BCUT2D eigenvalue weighted by molar-refractivity contribution is 0.102. The topological polar surface area (TPSA) is 77.9 Å². The van der Waals surface area contributed by atoms with Gasteiger partial charge in [0, 0.05) is 22.7 Å². The molecule has 0 fully saturated rings. The fourth-order valence-electron chi connectivity index (χ4n) is 2.35. The van der Waals surface area contributed by atoms with Crippen molar-refractivity contribution >= 4 is 22.5 Å². The number of aromatic nitrogens is 1. The summed E-state index contributed by atoms with van der Waals surface area (Å²) in [5.41, 5.74) is 2.93. The summed E-state index contributed by atoms with van der Waals surface area (Å²) in [4.78, 5) is 15.4. The molecule has 0 aliphatic heterocycles. The third-order valence-corrected chi connectivity index (χ3v) is 3.57. The summed E-state index contributed by atoms with van der Waals surface area (Å²) in [5.74, 6) is 0.521. The number of methoxy groups -OCH3 is 1. The number of aromatic amines is 1. The Kier molecular flexibility index (Phi) is 3.98. The van der Waals surface area contributed by atoms with E-state index in [1.54, 1.807) is 25.3 Å². The lowest BCUT2D eigenvalue weighted by Gasteiger charge is -2.04. The molecule has 2 aromatic carbocycles. The van der Waals surface area contributed by atoms with Crippen LogP contribution >= 0.6 is 0 Å². The van der Waals surface area contributed by atoms with Gasteiger partial charge in [-0.25, -0.2) is 0 Å². The Morgan fingerprint density at radius 3 is 2.70 bits per heavy atom. The molecule has 0 radical (unpaired) electrons. The predicted molar refractivity (Wildman–Crippen MR) is 88.6 cm³/mol. The van der Waals surface area contributed by atoms with E-state index in [-0.39, 0.29) is 5.91 Å². The molecule has 0 aliphatic carbocycles. The standard InChI is InChI=1S/C18H15N3O2/c1-23-15-7-4-13-10-17(21-16(13)11-15)18(22)20-14-5-2-12(3-6-14)8-9-19/h2-7,10-11,21H,8H2,1H3,(H,20,22). The second-order valence-corrected chi connectivity index (χ2v) is 5.12. The van der Waals surface area contributed by atoms with Crippen LogP contribution in [0.15, 0.2) is 48.5 Å². The molecule has 0 bridgehead atoms. The van der Waals surface area contributed by atoms with E-state index in [4.69, 9.17) is 10.00 Å². The highest BCUT2D eigenvalue weighted by Gasteiger charge is 2.10. The highest BCUT2D eigenvalue weighted by atomic mass is 16.5. The molecule has 3 rings (SSSR count). The molecule has 2 N–H and O–H groups in total. The molecule has 3 aromatic rings. The van der Waals surface area contributed by atoms with Crippen LogP contribution in [0.25, 0.3) is 10.9 Å². The zero-order valence-electron chi connectivity index (χ0n) is 12.6. The van der Waals surface area contributed by atoms with Gasteiger partial charge in [-0.2, -0.15) is 5.26 Å². The number of benzene rings is 2. The van der Waals surface area contributed by atoms with E-state index >= 15 is 0 Å². The van der Waals surface area contributed by atoms with Gasteiger partial charge in [-0.1, -0.05) is 12.1 Å². The number of ether oxygens (including phenoxy) is 1. The highest BCUT2D eigenvalue weighted by molar-refractivity contribution is 6.06. The molecule has 0 aliphatic rings. The van der Waals surface area contributed by atoms with Crippen LogP contribution in [-0.2, 0) is 6.42 Å². The summed E-state index contributed by atoms with van der Waals surface area (Å²) in [6.07, 6.45) is 0.359. The minimum Gasteiger partial charge on any atom is -0.497 e. The minimum atomic E-state index is -0.215. The summed E-state index contributed by atoms with van der Waals surface area (Å²) in [6.45, 7) is 0. The van der Waals surface area contributed by atoms with Gasteiger partial charge >= 0.3 is 0 Å². The fourth-order valence-corrected chi connectivity index (χ4v) is 2.35. The van der Waals surface area contributed by atoms with Crippen LogP contribution in [-0.4, -0.2) is 18.0 Å². The van der Waals surface area contributed by atoms with Crippen LogP contribution in [0, 0.1) is 11.3 Å². The van der Waals surface area contributed by atoms with Crippen LogP contribution in [0.4, 0.5) is 5.69 Å². The molecule has 5 nitrogen and oxygen atoms in total. The molecule has 0 unspecified atom stereocenters. The van der Waals surface area contributed by atoms with Gasteiger partial charge in [0.2, 0.25) is 0 Å². The van der Waals surface area contributed by atoms with Gasteiger partial charge in [0.15, 0.2) is 0 Å². The zero-order chi connectivity index (χ0) is 16.2. The van der Waals surface area contributed by atoms with E-state index in [1.807, 2.05) is 30.3 Å². The predicted octanol–water partition coefficient (Wildman–Crippen LogP) is 3.49. The van der Waals surface area contributed by atoms with Crippen LogP contribution in [0.3, 0.4) is 0 Å². The Balaban J connectivity index is 1.78. The lowest BCUT2D eigenvalue weighted by atomic mass is 10.1. The molecule has 0 saturated carbocycles. The number of hydrogen-bond donors (Lipinski definition) is 2. The number of rotatable bonds is 4. The second kappa shape index (κ2) is 6.24. The number of H-pyrrole nitrogens is 1. The summed E-state index contributed by atoms with van der Waals surface area (Å²) >= 11 is 0. The Morgan fingerprint density at radius 2 is 2.00 bits per heavy atom. The van der Waals surface area contributed by atoms with E-state index in [0.717, 1.165) is 22.2 Å². The van der Waals surface area contributed by atoms with Gasteiger partial charge in [0.1, 0.15) is 11.4 Å². The number of hydrogen-bond acceptors (Lipinski definition) is 3. The molecular formula is C18H15N3O2. The van der Waals surface area contributed by atoms with E-state index in [9.17, 15) is 4.79 Å². The SMILES string of the molecule is COc1ccc2cc(C(=O)Nc3ccc(CC#N)cc3)[nH]c2c1. The van der Waals surface area contributed by atoms with Crippen molar-refractivity contribution in [3.8, 4) is 11.8 Å². The van der Waals surface area contributed by atoms with Crippen molar-refractivity contribution in [2.24, 2.45) is 0 Å². The van der Waals surface area contributed by atoms with Crippen molar-refractivity contribution in [1.82, 2.24) is 4.98 Å². The first kappa shape index (κ1) is 14.7. The third kappa shape index (κ3) is 3.16. The normalized spacial score (nSPS) is 10.3. The third-order valence-electron chi connectivity index (χ3n) is 3.57. The number of amides is 1. The quantitative estimate of drug-likeness (QED) is 0.774. The van der Waals surface area contributed by atoms with Gasteiger partial charge in [-0.3, -0.25) is 4.79 Å². The van der Waals surface area contributed by atoms with Crippen molar-refractivity contribution in [3.63, 3.8) is 0 Å². The van der Waals surface area contributed by atoms with Gasteiger partial charge in [-0.15, -0.1) is 0 Å². The molecule has 0 atom stereocenters. The van der Waals surface area contributed by atoms with Crippen molar-refractivity contribution in [2.75, 3.05) is 12.4 Å². The Labute approximate surface area is 133 Å². The average molecular weight is 305 g/mol. The molecule has 1 heterocycles. The maximum absolute atomic E-state index is 12.3. The first-order valence-corrected chi connectivity index (χ1v) is 7.13. The number of nitrogens with zero attached hydrogens (tertiary/aromatic N) is 1. The lowest BCUT2D eigenvalue weighted by Crippen LogP contribution is -2.12. The Morgan fingerprint density at radius 1 is 1.22 bits per heavy atom. The number of nitrogens with one attached hydrogen (secondary N) is 2. The summed E-state index contributed by atoms with van der Waals surface area (Å²) in [5, 5.41) is 12.4. The number of nitriles is 1. The smallest absolute Gasteiger partial charge is 0.272 e. The number of fused-ring (bicyclic) bond motifs is 1. The summed E-state index contributed by atoms with van der Waals surface area (Å²) in [6, 6.07) is 16.7. The first-order valence-electron chi connectivity index (χ1n) is 7.13. The van der Waals surface area contributed by atoms with Crippen LogP contribution in [0.1, 0.15) is 16.1 Å². The monoisotopic (exact) mass is 305 g/mol. The van der Waals surface area contributed by atoms with Crippen molar-refractivity contribution in [3.05, 3.63) is 59.8 Å². The Bertz CT molecular complexity index is 889. The second-order valence-electron chi connectivity index (χ2n) is 5.12.